The predicted octanol–water partition coefficient (Wildman–Crippen LogP) is 4.99. The zero-order chi connectivity index (χ0) is 54.6. The maximum absolute atomic E-state index is 14.5. The number of fused-ring (bicyclic) bond motifs is 1. The number of aliphatic hydroxyl groups is 2. The van der Waals surface area contributed by atoms with Gasteiger partial charge in [-0.1, -0.05) is 28.4 Å². The molecule has 21 nitrogen and oxygen atoms in total. The molecule has 5 N–H and O–H groups in total. The number of aryl methyl sites for hydroxylation is 1. The zero-order valence-electron chi connectivity index (χ0n) is 39.9. The van der Waals surface area contributed by atoms with Crippen molar-refractivity contribution in [2.75, 3.05) is 18.5 Å². The van der Waals surface area contributed by atoms with Gasteiger partial charge in [0.2, 0.25) is 17.7 Å². The van der Waals surface area contributed by atoms with E-state index in [1.165, 1.54) is 30.3 Å². The number of aliphatic hydroxyl groups excluding tert-OH is 2. The summed E-state index contributed by atoms with van der Waals surface area (Å²) in [5, 5.41) is 41.5. The Hall–Kier alpha value is -7.49. The number of nitrogens with one attached hydrogen (secondary N) is 3. The second-order valence-corrected chi connectivity index (χ2v) is 19.4. The van der Waals surface area contributed by atoms with Gasteiger partial charge in [-0.3, -0.25) is 29.3 Å². The Balaban J connectivity index is 0.806. The molecule has 3 aromatic heterocycles. The number of benzene rings is 3. The summed E-state index contributed by atoms with van der Waals surface area (Å²) in [6.07, 6.45) is -8.24. The highest BCUT2D eigenvalue weighted by Crippen LogP contribution is 2.43. The Bertz CT molecular complexity index is 3300. The number of amides is 5. The molecule has 6 aromatic rings. The molecular formula is C49H42Cl2F5N11O10. The second kappa shape index (κ2) is 21.1. The predicted molar refractivity (Wildman–Crippen MR) is 256 cm³/mol. The van der Waals surface area contributed by atoms with Crippen LogP contribution in [-0.2, 0) is 36.6 Å². The molecule has 28 heteroatoms. The van der Waals surface area contributed by atoms with Crippen LogP contribution in [0.15, 0.2) is 73.1 Å². The molecule has 5 amide bonds. The van der Waals surface area contributed by atoms with Crippen molar-refractivity contribution in [3.05, 3.63) is 129 Å². The fraction of sp³-hybridized carbons (Fsp3) is 0.347. The van der Waals surface area contributed by atoms with E-state index < -0.39 is 120 Å². The molecule has 0 radical (unpaired) electrons. The summed E-state index contributed by atoms with van der Waals surface area (Å²) in [5.41, 5.74) is -0.543. The smallest absolute Gasteiger partial charge is 0.418 e. The molecule has 77 heavy (non-hydrogen) atoms. The van der Waals surface area contributed by atoms with Crippen LogP contribution in [0.3, 0.4) is 0 Å². The van der Waals surface area contributed by atoms with Crippen molar-refractivity contribution in [3.8, 4) is 22.7 Å². The highest BCUT2D eigenvalue weighted by Gasteiger charge is 2.51. The van der Waals surface area contributed by atoms with Crippen LogP contribution in [0.25, 0.3) is 16.9 Å². The molecule has 6 atom stereocenters. The standard InChI is InChI=1S/C49H42Cl2F5N11O10/c1-21-58-45(67(63-21)36-13-24(50)2-6-30(36)49(54,55)56)44-43(41(42(71)37(19-68)77-44)66-18-34(62-64-66)22-11-31(52)40(51)32(53)12-22)75-20-39(70)59-26-14-28(15-26)76-27-4-7-33(57-16-27)46(72)60-25-3-5-29-23(10-25)17-65(48(29)74)35-8-9-38(69)61-47(35)73/h2-7,10-13,16,18,26,28,35,37,41-44,68,71H,8-9,14-15,17,19-20H2,1H3,(H,59,70)(H,60,72)(H,61,69,73)/t26?,28?,35-,37+,41-,42-,43+,44+/m0/s1. The number of nitrogens with zero attached hydrogens (tertiary/aromatic N) is 8. The number of imide groups is 1. The lowest BCUT2D eigenvalue weighted by Crippen LogP contribution is -2.55. The molecule has 1 aliphatic carbocycles. The average Bonchev–Trinajstić information content (AvgIpc) is 4.18. The summed E-state index contributed by atoms with van der Waals surface area (Å²) < 4.78 is 92.8. The van der Waals surface area contributed by atoms with Gasteiger partial charge >= 0.3 is 6.18 Å². The van der Waals surface area contributed by atoms with Gasteiger partial charge in [-0.2, -0.15) is 18.3 Å². The van der Waals surface area contributed by atoms with Crippen molar-refractivity contribution >= 4 is 58.4 Å². The molecule has 3 fully saturated rings. The van der Waals surface area contributed by atoms with Crippen molar-refractivity contribution < 1.29 is 70.3 Å². The third kappa shape index (κ3) is 10.8. The van der Waals surface area contributed by atoms with Gasteiger partial charge < -0.3 is 40.0 Å². The second-order valence-electron chi connectivity index (χ2n) is 18.5. The minimum absolute atomic E-state index is 0.0414. The maximum atomic E-state index is 14.5. The van der Waals surface area contributed by atoms with Crippen LogP contribution in [0.4, 0.5) is 27.6 Å². The van der Waals surface area contributed by atoms with Crippen molar-refractivity contribution in [1.82, 2.24) is 50.3 Å². The summed E-state index contributed by atoms with van der Waals surface area (Å²) >= 11 is 11.9. The van der Waals surface area contributed by atoms with Crippen LogP contribution in [0.5, 0.6) is 5.75 Å². The van der Waals surface area contributed by atoms with E-state index >= 15 is 0 Å². The number of carbonyl (C=O) groups excluding carboxylic acids is 5. The normalized spacial score (nSPS) is 23.3. The summed E-state index contributed by atoms with van der Waals surface area (Å²) in [6, 6.07) is 9.60. The summed E-state index contributed by atoms with van der Waals surface area (Å²) in [4.78, 5) is 73.9. The largest absolute Gasteiger partial charge is 0.489 e. The third-order valence-electron chi connectivity index (χ3n) is 13.4. The van der Waals surface area contributed by atoms with Crippen LogP contribution >= 0.6 is 23.2 Å². The zero-order valence-corrected chi connectivity index (χ0v) is 41.4. The minimum Gasteiger partial charge on any atom is -0.489 e. The number of ether oxygens (including phenoxy) is 3. The molecule has 1 saturated carbocycles. The number of hydrogen-bond donors (Lipinski definition) is 5. The number of rotatable bonds is 14. The first kappa shape index (κ1) is 52.9. The van der Waals surface area contributed by atoms with Gasteiger partial charge in [-0.05, 0) is 79.6 Å². The lowest BCUT2D eigenvalue weighted by atomic mass is 9.89. The quantitative estimate of drug-likeness (QED) is 0.0546. The maximum Gasteiger partial charge on any atom is 0.418 e. The van der Waals surface area contributed by atoms with E-state index in [0.29, 0.717) is 35.4 Å². The number of carbonyl (C=O) groups is 5. The fourth-order valence-electron chi connectivity index (χ4n) is 9.61. The molecule has 2 saturated heterocycles. The van der Waals surface area contributed by atoms with Crippen LogP contribution in [0.1, 0.15) is 81.5 Å². The SMILES string of the molecule is Cc1nc([C@@H]2O[C@H](CO)[C@H](O)[C@H](n3cc(-c4cc(F)c(Cl)c(F)c4)nn3)[C@H]2OCC(=O)NC2CC(Oc3ccc(C(=O)Nc4ccc5c(c4)CN([C@H]4CCC(=O)NC4=O)C5=O)nc3)C2)n(-c2cc(Cl)ccc2C(F)(F)F)n1. The van der Waals surface area contributed by atoms with Crippen molar-refractivity contribution in [3.63, 3.8) is 0 Å². The molecule has 0 unspecified atom stereocenters. The Morgan fingerprint density at radius 1 is 1.01 bits per heavy atom. The minimum atomic E-state index is -4.92. The van der Waals surface area contributed by atoms with E-state index in [1.54, 1.807) is 24.3 Å². The van der Waals surface area contributed by atoms with Crippen molar-refractivity contribution in [2.45, 2.75) is 94.0 Å². The monoisotopic (exact) mass is 1110 g/mol. The lowest BCUT2D eigenvalue weighted by molar-refractivity contribution is -0.223. The van der Waals surface area contributed by atoms with E-state index in [-0.39, 0.29) is 58.9 Å². The van der Waals surface area contributed by atoms with Crippen LogP contribution in [0, 0.1) is 18.6 Å². The van der Waals surface area contributed by atoms with E-state index in [9.17, 15) is 56.1 Å². The van der Waals surface area contributed by atoms with Gasteiger partial charge in [0.1, 0.15) is 88.8 Å². The molecule has 6 heterocycles. The van der Waals surface area contributed by atoms with Gasteiger partial charge in [0.25, 0.3) is 11.8 Å². The van der Waals surface area contributed by atoms with Crippen molar-refractivity contribution in [2.24, 2.45) is 0 Å². The van der Waals surface area contributed by atoms with Gasteiger partial charge in [-0.15, -0.1) is 5.10 Å². The van der Waals surface area contributed by atoms with Gasteiger partial charge in [0.15, 0.2) is 5.82 Å². The number of pyridine rings is 1. The molecule has 3 aliphatic heterocycles. The number of alkyl halides is 3. The first-order valence-corrected chi connectivity index (χ1v) is 24.4. The first-order valence-electron chi connectivity index (χ1n) is 23.7. The molecule has 0 bridgehead atoms. The Morgan fingerprint density at radius 2 is 1.78 bits per heavy atom. The molecular weight excluding hydrogens is 1070 g/mol. The van der Waals surface area contributed by atoms with E-state index in [2.05, 4.69) is 41.3 Å². The first-order chi connectivity index (χ1) is 36.7. The average molecular weight is 1110 g/mol. The molecule has 402 valence electrons. The third-order valence-corrected chi connectivity index (χ3v) is 14.0. The van der Waals surface area contributed by atoms with Gasteiger partial charge in [-0.25, -0.2) is 28.1 Å². The Kier molecular flexibility index (Phi) is 14.5. The number of halogens is 7. The van der Waals surface area contributed by atoms with E-state index in [0.717, 1.165) is 39.7 Å². The van der Waals surface area contributed by atoms with E-state index in [4.69, 9.17) is 37.4 Å². The fourth-order valence-corrected chi connectivity index (χ4v) is 9.88. The molecule has 4 aliphatic rings. The number of piperidine rings is 1. The van der Waals surface area contributed by atoms with Gasteiger partial charge in [0, 0.05) is 53.7 Å². The van der Waals surface area contributed by atoms with Crippen LogP contribution in [0.2, 0.25) is 10.0 Å². The summed E-state index contributed by atoms with van der Waals surface area (Å²) in [7, 11) is 0. The number of hydrogen-bond acceptors (Lipinski definition) is 15. The molecule has 3 aromatic carbocycles. The van der Waals surface area contributed by atoms with Crippen LogP contribution < -0.4 is 20.7 Å². The van der Waals surface area contributed by atoms with Crippen molar-refractivity contribution in [1.29, 1.82) is 0 Å². The molecule has 10 rings (SSSR count). The Morgan fingerprint density at radius 3 is 2.48 bits per heavy atom. The Labute approximate surface area is 441 Å². The number of anilines is 1. The summed E-state index contributed by atoms with van der Waals surface area (Å²) in [6.45, 7) is -0.0902. The number of aromatic nitrogens is 7. The highest BCUT2D eigenvalue weighted by atomic mass is 35.5. The molecule has 0 spiro atoms. The van der Waals surface area contributed by atoms with Gasteiger partial charge in [0.05, 0.1) is 30.3 Å². The topological polar surface area (TPSA) is 267 Å². The lowest BCUT2D eigenvalue weighted by Gasteiger charge is -2.43. The summed E-state index contributed by atoms with van der Waals surface area (Å²) in [5.74, 6) is -4.78. The van der Waals surface area contributed by atoms with Crippen LogP contribution in [-0.4, -0.2) is 129 Å². The highest BCUT2D eigenvalue weighted by molar-refractivity contribution is 6.31. The van der Waals surface area contributed by atoms with E-state index in [1.807, 2.05) is 0 Å².